The molecule has 2 aromatic rings. The van der Waals surface area contributed by atoms with E-state index in [4.69, 9.17) is 18.0 Å². The van der Waals surface area contributed by atoms with Gasteiger partial charge in [0.2, 0.25) is 5.56 Å². The summed E-state index contributed by atoms with van der Waals surface area (Å²) in [4.78, 5) is 25.7. The Kier molecular flexibility index (Phi) is 3.72. The third-order valence-corrected chi connectivity index (χ3v) is 2.68. The van der Waals surface area contributed by atoms with Crippen molar-refractivity contribution in [1.29, 1.82) is 0 Å². The first-order valence-corrected chi connectivity index (χ1v) is 5.87. The molecule has 0 bridgehead atoms. The fourth-order valence-corrected chi connectivity index (χ4v) is 1.67. The van der Waals surface area contributed by atoms with E-state index in [1.165, 1.54) is 18.3 Å². The predicted octanol–water partition coefficient (Wildman–Crippen LogP) is 1.26. The maximum Gasteiger partial charge on any atom is 0.255 e. The van der Waals surface area contributed by atoms with E-state index < -0.39 is 0 Å². The summed E-state index contributed by atoms with van der Waals surface area (Å²) in [6, 6.07) is 9.63. The Morgan fingerprint density at radius 1 is 1.21 bits per heavy atom. The average molecular weight is 273 g/mol. The van der Waals surface area contributed by atoms with Crippen LogP contribution in [0.3, 0.4) is 0 Å². The second-order valence-corrected chi connectivity index (χ2v) is 4.28. The summed E-state index contributed by atoms with van der Waals surface area (Å²) in [5.41, 5.74) is 6.70. The molecule has 1 heterocycles. The largest absolute Gasteiger partial charge is 0.389 e. The molecule has 0 saturated carbocycles. The molecule has 1 aromatic carbocycles. The number of aromatic amines is 1. The van der Waals surface area contributed by atoms with Crippen molar-refractivity contribution < 1.29 is 4.79 Å². The fraction of sp³-hybridized carbons (Fsp3) is 0. The van der Waals surface area contributed by atoms with E-state index in [0.29, 0.717) is 11.3 Å². The number of H-pyrrole nitrogens is 1. The Morgan fingerprint density at radius 3 is 2.68 bits per heavy atom. The molecule has 0 spiro atoms. The van der Waals surface area contributed by atoms with Crippen molar-refractivity contribution >= 4 is 28.8 Å². The summed E-state index contributed by atoms with van der Waals surface area (Å²) in [7, 11) is 0. The monoisotopic (exact) mass is 273 g/mol. The SMILES string of the molecule is NC(=S)c1cccc(NC(=O)c2cc[nH]c(=O)c2)c1. The van der Waals surface area contributed by atoms with Crippen LogP contribution in [0.5, 0.6) is 0 Å². The van der Waals surface area contributed by atoms with Crippen molar-refractivity contribution in [3.8, 4) is 0 Å². The van der Waals surface area contributed by atoms with Crippen LogP contribution in [0, 0.1) is 0 Å². The van der Waals surface area contributed by atoms with E-state index in [0.717, 1.165) is 0 Å². The van der Waals surface area contributed by atoms with E-state index in [1.54, 1.807) is 24.3 Å². The van der Waals surface area contributed by atoms with E-state index in [1.807, 2.05) is 0 Å². The zero-order chi connectivity index (χ0) is 13.8. The Bertz CT molecular complexity index is 694. The lowest BCUT2D eigenvalue weighted by Crippen LogP contribution is -2.16. The van der Waals surface area contributed by atoms with E-state index >= 15 is 0 Å². The van der Waals surface area contributed by atoms with Gasteiger partial charge in [-0.2, -0.15) is 0 Å². The zero-order valence-electron chi connectivity index (χ0n) is 9.84. The van der Waals surface area contributed by atoms with Crippen LogP contribution in [0.1, 0.15) is 15.9 Å². The lowest BCUT2D eigenvalue weighted by molar-refractivity contribution is 0.102. The highest BCUT2D eigenvalue weighted by Gasteiger charge is 2.07. The third-order valence-electron chi connectivity index (χ3n) is 2.44. The maximum absolute atomic E-state index is 11.9. The Morgan fingerprint density at radius 2 is 2.00 bits per heavy atom. The first-order chi connectivity index (χ1) is 9.06. The normalized spacial score (nSPS) is 9.89. The molecule has 4 N–H and O–H groups in total. The number of carbonyl (C=O) groups is 1. The van der Waals surface area contributed by atoms with E-state index in [-0.39, 0.29) is 22.0 Å². The van der Waals surface area contributed by atoms with Crippen molar-refractivity contribution in [3.63, 3.8) is 0 Å². The molecule has 0 aliphatic rings. The van der Waals surface area contributed by atoms with Crippen LogP contribution in [0.2, 0.25) is 0 Å². The number of hydrogen-bond acceptors (Lipinski definition) is 3. The van der Waals surface area contributed by atoms with E-state index in [2.05, 4.69) is 10.3 Å². The topological polar surface area (TPSA) is 88.0 Å². The third kappa shape index (κ3) is 3.26. The van der Waals surface area contributed by atoms with Gasteiger partial charge in [-0.25, -0.2) is 0 Å². The minimum absolute atomic E-state index is 0.257. The number of hydrogen-bond donors (Lipinski definition) is 3. The molecule has 0 unspecified atom stereocenters. The summed E-state index contributed by atoms with van der Waals surface area (Å²) in [5, 5.41) is 2.67. The first kappa shape index (κ1) is 13.0. The molecule has 0 aliphatic carbocycles. The van der Waals surface area contributed by atoms with Crippen molar-refractivity contribution in [2.45, 2.75) is 0 Å². The summed E-state index contributed by atoms with van der Waals surface area (Å²) < 4.78 is 0. The summed E-state index contributed by atoms with van der Waals surface area (Å²) >= 11 is 4.87. The van der Waals surface area contributed by atoms with Gasteiger partial charge in [-0.15, -0.1) is 0 Å². The molecule has 1 amide bonds. The van der Waals surface area contributed by atoms with Crippen LogP contribution < -0.4 is 16.6 Å². The quantitative estimate of drug-likeness (QED) is 0.735. The lowest BCUT2D eigenvalue weighted by Gasteiger charge is -2.06. The van der Waals surface area contributed by atoms with Gasteiger partial charge in [0.05, 0.1) is 0 Å². The van der Waals surface area contributed by atoms with Crippen LogP contribution in [-0.4, -0.2) is 15.9 Å². The van der Waals surface area contributed by atoms with Crippen molar-refractivity contribution in [3.05, 3.63) is 64.1 Å². The molecule has 0 fully saturated rings. The van der Waals surface area contributed by atoms with Crippen LogP contribution in [0.25, 0.3) is 0 Å². The predicted molar refractivity (Wildman–Crippen MR) is 77.3 cm³/mol. The van der Waals surface area contributed by atoms with Crippen LogP contribution >= 0.6 is 12.2 Å². The highest BCUT2D eigenvalue weighted by Crippen LogP contribution is 2.11. The van der Waals surface area contributed by atoms with Crippen LogP contribution in [0.4, 0.5) is 5.69 Å². The smallest absolute Gasteiger partial charge is 0.255 e. The second-order valence-electron chi connectivity index (χ2n) is 3.84. The molecule has 5 nitrogen and oxygen atoms in total. The zero-order valence-corrected chi connectivity index (χ0v) is 10.7. The maximum atomic E-state index is 11.9. The van der Waals surface area contributed by atoms with Gasteiger partial charge in [0.15, 0.2) is 0 Å². The molecule has 0 atom stereocenters. The number of amides is 1. The molecular formula is C13H11N3O2S. The highest BCUT2D eigenvalue weighted by atomic mass is 32.1. The average Bonchev–Trinajstić information content (AvgIpc) is 2.39. The highest BCUT2D eigenvalue weighted by molar-refractivity contribution is 7.80. The minimum atomic E-state index is -0.369. The van der Waals surface area contributed by atoms with Gasteiger partial charge in [-0.1, -0.05) is 24.4 Å². The first-order valence-electron chi connectivity index (χ1n) is 5.46. The molecule has 0 aliphatic heterocycles. The number of pyridine rings is 1. The van der Waals surface area contributed by atoms with Gasteiger partial charge in [0.25, 0.3) is 5.91 Å². The Labute approximate surface area is 114 Å². The van der Waals surface area contributed by atoms with Gasteiger partial charge in [-0.05, 0) is 18.2 Å². The minimum Gasteiger partial charge on any atom is -0.389 e. The molecule has 1 aromatic heterocycles. The molecule has 19 heavy (non-hydrogen) atoms. The summed E-state index contributed by atoms with van der Waals surface area (Å²) in [5.74, 6) is -0.369. The molecule has 6 heteroatoms. The Balaban J connectivity index is 2.22. The van der Waals surface area contributed by atoms with Gasteiger partial charge < -0.3 is 16.0 Å². The summed E-state index contributed by atoms with van der Waals surface area (Å²) in [6.45, 7) is 0. The number of thiocarbonyl (C=S) groups is 1. The Hall–Kier alpha value is -2.47. The molecular weight excluding hydrogens is 262 g/mol. The van der Waals surface area contributed by atoms with Gasteiger partial charge in [-0.3, -0.25) is 9.59 Å². The standard InChI is InChI=1S/C13H11N3O2S/c14-12(19)8-2-1-3-10(6-8)16-13(18)9-4-5-15-11(17)7-9/h1-7H,(H2,14,19)(H,15,17)(H,16,18). The van der Waals surface area contributed by atoms with Crippen molar-refractivity contribution in [1.82, 2.24) is 4.98 Å². The fourth-order valence-electron chi connectivity index (χ4n) is 1.54. The van der Waals surface area contributed by atoms with Gasteiger partial charge in [0.1, 0.15) is 4.99 Å². The number of nitrogens with two attached hydrogens (primary N) is 1. The van der Waals surface area contributed by atoms with Gasteiger partial charge in [0, 0.05) is 29.1 Å². The van der Waals surface area contributed by atoms with Crippen LogP contribution in [-0.2, 0) is 0 Å². The molecule has 2 rings (SSSR count). The van der Waals surface area contributed by atoms with Crippen molar-refractivity contribution in [2.24, 2.45) is 5.73 Å². The van der Waals surface area contributed by atoms with Crippen LogP contribution in [0.15, 0.2) is 47.4 Å². The van der Waals surface area contributed by atoms with Gasteiger partial charge >= 0.3 is 0 Å². The number of anilines is 1. The number of aromatic nitrogens is 1. The number of rotatable bonds is 3. The second kappa shape index (κ2) is 5.45. The van der Waals surface area contributed by atoms with Crippen molar-refractivity contribution in [2.75, 3.05) is 5.32 Å². The lowest BCUT2D eigenvalue weighted by atomic mass is 10.2. The summed E-state index contributed by atoms with van der Waals surface area (Å²) in [6.07, 6.45) is 1.42. The molecule has 0 saturated heterocycles. The van der Waals surface area contributed by atoms with E-state index in [9.17, 15) is 9.59 Å². The molecule has 96 valence electrons. The number of carbonyl (C=O) groups excluding carboxylic acids is 1. The number of benzene rings is 1. The molecule has 0 radical (unpaired) electrons. The number of nitrogens with one attached hydrogen (secondary N) is 2.